The zero-order valence-corrected chi connectivity index (χ0v) is 22.3. The van der Waals surface area contributed by atoms with Crippen LogP contribution in [0.25, 0.3) is 0 Å². The molecule has 0 aromatic rings. The predicted molar refractivity (Wildman–Crippen MR) is 136 cm³/mol. The fraction of sp³-hybridized carbons (Fsp3) is 0.885. The molecule has 1 unspecified atom stereocenters. The number of carbonyl (C=O) groups excluding carboxylic acids is 2. The first kappa shape index (κ1) is 30.8. The molecule has 0 aromatic carbocycles. The van der Waals surface area contributed by atoms with E-state index in [2.05, 4.69) is 20.8 Å². The summed E-state index contributed by atoms with van der Waals surface area (Å²) in [5, 5.41) is 10.4. The summed E-state index contributed by atoms with van der Waals surface area (Å²) in [5.41, 5.74) is 0. The Morgan fingerprint density at radius 3 is 1.83 bits per heavy atom. The fourth-order valence-corrected chi connectivity index (χ4v) is 4.18. The first-order valence-corrected chi connectivity index (χ1v) is 13.9. The van der Waals surface area contributed by atoms with Crippen molar-refractivity contribution in [2.24, 2.45) is 0 Å². The highest BCUT2D eigenvalue weighted by Gasteiger charge is 2.32. The van der Waals surface area contributed by atoms with Crippen LogP contribution < -0.4 is 0 Å². The molecule has 3 amide bonds. The molecule has 0 radical (unpaired) electrons. The van der Waals surface area contributed by atoms with Crippen molar-refractivity contribution in [1.29, 1.82) is 0 Å². The van der Waals surface area contributed by atoms with Gasteiger partial charge in [-0.3, -0.25) is 4.90 Å². The second-order valence-corrected chi connectivity index (χ2v) is 9.44. The largest absolute Gasteiger partial charge is 0.465 e. The highest BCUT2D eigenvalue weighted by Crippen LogP contribution is 2.20. The minimum absolute atomic E-state index is 0.226. The van der Waals surface area contributed by atoms with Crippen molar-refractivity contribution in [1.82, 2.24) is 14.9 Å². The molecule has 1 saturated heterocycles. The van der Waals surface area contributed by atoms with Gasteiger partial charge in [-0.1, -0.05) is 78.6 Å². The van der Waals surface area contributed by atoms with Gasteiger partial charge in [-0.15, -0.1) is 5.06 Å². The van der Waals surface area contributed by atoms with E-state index in [9.17, 15) is 19.5 Å². The van der Waals surface area contributed by atoms with Crippen molar-refractivity contribution >= 4 is 18.3 Å². The molecule has 1 fully saturated rings. The van der Waals surface area contributed by atoms with Gasteiger partial charge in [0, 0.05) is 26.1 Å². The second kappa shape index (κ2) is 19.1. The van der Waals surface area contributed by atoms with E-state index in [1.165, 1.54) is 0 Å². The molecule has 0 saturated carbocycles. The van der Waals surface area contributed by atoms with Crippen LogP contribution in [-0.4, -0.2) is 70.7 Å². The van der Waals surface area contributed by atoms with E-state index in [-0.39, 0.29) is 6.54 Å². The lowest BCUT2D eigenvalue weighted by Gasteiger charge is -2.34. The number of hydroxylamine groups is 2. The molecule has 0 aliphatic carbocycles. The monoisotopic (exact) mass is 499 g/mol. The third kappa shape index (κ3) is 12.9. The summed E-state index contributed by atoms with van der Waals surface area (Å²) in [6, 6.07) is 0. The maximum absolute atomic E-state index is 13.1. The number of carbonyl (C=O) groups is 3. The number of rotatable bonds is 16. The third-order valence-electron chi connectivity index (χ3n) is 6.36. The van der Waals surface area contributed by atoms with Crippen LogP contribution in [0.15, 0.2) is 0 Å². The summed E-state index contributed by atoms with van der Waals surface area (Å²) < 4.78 is 5.53. The molecule has 0 aromatic heterocycles. The average Bonchev–Trinajstić information content (AvgIpc) is 2.84. The first-order chi connectivity index (χ1) is 16.9. The zero-order chi connectivity index (χ0) is 25.9. The summed E-state index contributed by atoms with van der Waals surface area (Å²) in [7, 11) is 0. The number of likely N-dealkylation sites (tertiary alicyclic amines) is 1. The van der Waals surface area contributed by atoms with Crippen LogP contribution in [0, 0.1) is 0 Å². The summed E-state index contributed by atoms with van der Waals surface area (Å²) in [6.45, 7) is 8.15. The lowest BCUT2D eigenvalue weighted by Crippen LogP contribution is -2.48. The van der Waals surface area contributed by atoms with Crippen LogP contribution >= 0.6 is 0 Å². The molecule has 1 N–H and O–H groups in total. The van der Waals surface area contributed by atoms with Crippen molar-refractivity contribution in [3.05, 3.63) is 0 Å². The molecule has 1 aliphatic rings. The molecule has 9 heteroatoms. The number of unbranched alkanes of at least 4 members (excludes halogenated alkanes) is 9. The molecule has 0 spiro atoms. The second-order valence-electron chi connectivity index (χ2n) is 9.44. The molecule has 0 bridgehead atoms. The highest BCUT2D eigenvalue weighted by atomic mass is 16.8. The first-order valence-electron chi connectivity index (χ1n) is 13.9. The van der Waals surface area contributed by atoms with Gasteiger partial charge in [0.1, 0.15) is 0 Å². The molecule has 35 heavy (non-hydrogen) atoms. The summed E-state index contributed by atoms with van der Waals surface area (Å²) >= 11 is 0. The summed E-state index contributed by atoms with van der Waals surface area (Å²) in [6.07, 6.45) is 10.7. The van der Waals surface area contributed by atoms with Crippen molar-refractivity contribution in [3.8, 4) is 0 Å². The minimum Gasteiger partial charge on any atom is -0.465 e. The lowest BCUT2D eigenvalue weighted by molar-refractivity contribution is -0.120. The number of piperidine rings is 1. The molecular formula is C26H49N3O6. The Bertz CT molecular complexity index is 592. The minimum atomic E-state index is -1.11. The number of hydrogen-bond acceptors (Lipinski definition) is 5. The fourth-order valence-electron chi connectivity index (χ4n) is 4.18. The Balaban J connectivity index is 2.82. The van der Waals surface area contributed by atoms with E-state index in [4.69, 9.17) is 9.57 Å². The van der Waals surface area contributed by atoms with Gasteiger partial charge in [0.2, 0.25) is 0 Å². The van der Waals surface area contributed by atoms with Gasteiger partial charge >= 0.3 is 18.3 Å². The highest BCUT2D eigenvalue weighted by molar-refractivity contribution is 5.73. The zero-order valence-electron chi connectivity index (χ0n) is 22.3. The SMILES string of the molecule is CCCCCCN(CCCCCC)C(=O)ON(CCCCCC)C(=O)OC1CCCCN1C(=O)O. The van der Waals surface area contributed by atoms with Gasteiger partial charge < -0.3 is 19.6 Å². The number of hydrogen-bond donors (Lipinski definition) is 1. The maximum atomic E-state index is 13.1. The van der Waals surface area contributed by atoms with Crippen molar-refractivity contribution < 1.29 is 29.1 Å². The summed E-state index contributed by atoms with van der Waals surface area (Å²) in [5.74, 6) is 0. The Hall–Kier alpha value is -2.19. The van der Waals surface area contributed by atoms with Crippen LogP contribution in [0.1, 0.15) is 117 Å². The van der Waals surface area contributed by atoms with Gasteiger partial charge in [-0.25, -0.2) is 14.4 Å². The van der Waals surface area contributed by atoms with Gasteiger partial charge in [0.05, 0.1) is 6.54 Å². The van der Waals surface area contributed by atoms with Crippen molar-refractivity contribution in [2.45, 2.75) is 123 Å². The lowest BCUT2D eigenvalue weighted by atomic mass is 10.1. The van der Waals surface area contributed by atoms with E-state index in [1.807, 2.05) is 0 Å². The van der Waals surface area contributed by atoms with E-state index in [0.29, 0.717) is 32.5 Å². The number of carboxylic acid groups (broad SMARTS) is 1. The normalized spacial score (nSPS) is 15.5. The molecule has 1 atom stereocenters. The van der Waals surface area contributed by atoms with Gasteiger partial charge in [0.25, 0.3) is 0 Å². The molecule has 9 nitrogen and oxygen atoms in total. The van der Waals surface area contributed by atoms with Crippen LogP contribution in [0.2, 0.25) is 0 Å². The smallest absolute Gasteiger partial charge is 0.445 e. The third-order valence-corrected chi connectivity index (χ3v) is 6.36. The van der Waals surface area contributed by atoms with Crippen LogP contribution in [0.3, 0.4) is 0 Å². The Labute approximate surface area is 212 Å². The van der Waals surface area contributed by atoms with Crippen molar-refractivity contribution in [2.75, 3.05) is 26.2 Å². The maximum Gasteiger partial charge on any atom is 0.445 e. The van der Waals surface area contributed by atoms with Gasteiger partial charge in [-0.2, -0.15) is 0 Å². The Morgan fingerprint density at radius 1 is 0.771 bits per heavy atom. The Kier molecular flexibility index (Phi) is 16.8. The molecule has 204 valence electrons. The quantitative estimate of drug-likeness (QED) is 0.181. The van der Waals surface area contributed by atoms with Gasteiger partial charge in [0.15, 0.2) is 6.23 Å². The predicted octanol–water partition coefficient (Wildman–Crippen LogP) is 7.01. The molecule has 1 rings (SSSR count). The number of amides is 3. The molecular weight excluding hydrogens is 450 g/mol. The van der Waals surface area contributed by atoms with E-state index in [1.54, 1.807) is 4.90 Å². The van der Waals surface area contributed by atoms with Crippen LogP contribution in [-0.2, 0) is 9.57 Å². The van der Waals surface area contributed by atoms with E-state index < -0.39 is 24.5 Å². The standard InChI is InChI=1S/C26H49N3O6/c1-4-7-10-14-19-27(20-15-11-8-5-2)25(32)35-29(22-16-12-9-6-3)26(33)34-23-18-13-17-21-28(23)24(30)31/h23H,4-22H2,1-3H3,(H,30,31). The topological polar surface area (TPSA) is 99.6 Å². The number of nitrogens with zero attached hydrogens (tertiary/aromatic N) is 3. The van der Waals surface area contributed by atoms with E-state index >= 15 is 0 Å². The summed E-state index contributed by atoms with van der Waals surface area (Å²) in [4.78, 5) is 46.1. The van der Waals surface area contributed by atoms with Gasteiger partial charge in [-0.05, 0) is 32.1 Å². The molecule has 1 heterocycles. The molecule has 1 aliphatic heterocycles. The number of ether oxygens (including phenoxy) is 1. The van der Waals surface area contributed by atoms with E-state index in [0.717, 1.165) is 93.4 Å². The van der Waals surface area contributed by atoms with Crippen molar-refractivity contribution in [3.63, 3.8) is 0 Å². The average molecular weight is 500 g/mol. The van der Waals surface area contributed by atoms with Crippen LogP contribution in [0.5, 0.6) is 0 Å². The Morgan fingerprint density at radius 2 is 1.31 bits per heavy atom. The van der Waals surface area contributed by atoms with Crippen LogP contribution in [0.4, 0.5) is 14.4 Å².